The highest BCUT2D eigenvalue weighted by Gasteiger charge is 2.09. The zero-order valence-corrected chi connectivity index (χ0v) is 13.2. The first kappa shape index (κ1) is 13.8. The van der Waals surface area contributed by atoms with Gasteiger partial charge in [-0.15, -0.1) is 0 Å². The van der Waals surface area contributed by atoms with Gasteiger partial charge in [-0.3, -0.25) is 0 Å². The highest BCUT2D eigenvalue weighted by molar-refractivity contribution is 5.96. The summed E-state index contributed by atoms with van der Waals surface area (Å²) in [7, 11) is 0. The molecule has 0 heterocycles. The van der Waals surface area contributed by atoms with Gasteiger partial charge < -0.3 is 0 Å². The van der Waals surface area contributed by atoms with Crippen molar-refractivity contribution in [2.24, 2.45) is 0 Å². The van der Waals surface area contributed by atoms with Gasteiger partial charge in [0, 0.05) is 0 Å². The Morgan fingerprint density at radius 2 is 0.957 bits per heavy atom. The minimum absolute atomic E-state index is 1.26. The van der Waals surface area contributed by atoms with Crippen LogP contribution in [0.2, 0.25) is 0 Å². The van der Waals surface area contributed by atoms with Crippen molar-refractivity contribution < 1.29 is 0 Å². The van der Waals surface area contributed by atoms with Crippen LogP contribution < -0.4 is 0 Å². The molecule has 0 atom stereocenters. The van der Waals surface area contributed by atoms with Crippen LogP contribution in [0.15, 0.2) is 91.0 Å². The molecule has 0 N–H and O–H groups in total. The number of rotatable bonds is 2. The van der Waals surface area contributed by atoms with Crippen molar-refractivity contribution in [3.05, 3.63) is 96.6 Å². The van der Waals surface area contributed by atoms with E-state index >= 15 is 0 Å². The predicted octanol–water partition coefficient (Wildman–Crippen LogP) is 6.48. The van der Waals surface area contributed by atoms with E-state index in [0.717, 1.165) is 0 Å². The fourth-order valence-corrected chi connectivity index (χ4v) is 3.07. The summed E-state index contributed by atoms with van der Waals surface area (Å²) in [5.41, 5.74) is 6.38. The molecule has 0 amide bonds. The van der Waals surface area contributed by atoms with E-state index in [1.807, 2.05) is 0 Å². The lowest BCUT2D eigenvalue weighted by atomic mass is 9.91. The zero-order valence-electron chi connectivity index (χ0n) is 13.2. The lowest BCUT2D eigenvalue weighted by molar-refractivity contribution is 1.47. The molecule has 0 nitrogen and oxygen atoms in total. The van der Waals surface area contributed by atoms with Crippen LogP contribution in [0.4, 0.5) is 0 Å². The molecule has 4 aromatic carbocycles. The summed E-state index contributed by atoms with van der Waals surface area (Å²) in [6.07, 6.45) is 0. The molecule has 110 valence electrons. The van der Waals surface area contributed by atoms with Crippen LogP contribution in [0, 0.1) is 6.92 Å². The maximum Gasteiger partial charge on any atom is -0.00990 e. The second kappa shape index (κ2) is 5.73. The molecule has 0 saturated heterocycles. The van der Waals surface area contributed by atoms with Crippen LogP contribution in [-0.4, -0.2) is 0 Å². The van der Waals surface area contributed by atoms with Crippen LogP contribution in [0.5, 0.6) is 0 Å². The van der Waals surface area contributed by atoms with Gasteiger partial charge in [-0.25, -0.2) is 0 Å². The molecule has 0 spiro atoms. The molecule has 0 unspecified atom stereocenters. The molecule has 0 aliphatic rings. The van der Waals surface area contributed by atoms with Crippen molar-refractivity contribution in [1.82, 2.24) is 0 Å². The van der Waals surface area contributed by atoms with E-state index in [0.29, 0.717) is 0 Å². The van der Waals surface area contributed by atoms with Gasteiger partial charge in [0.05, 0.1) is 0 Å². The second-order valence-electron chi connectivity index (χ2n) is 5.98. The fourth-order valence-electron chi connectivity index (χ4n) is 3.07. The van der Waals surface area contributed by atoms with Gasteiger partial charge in [0.25, 0.3) is 0 Å². The number of hydrogen-bond acceptors (Lipinski definition) is 0. The molecule has 0 aliphatic carbocycles. The number of fused-ring (bicyclic) bond motifs is 1. The Labute approximate surface area is 137 Å². The van der Waals surface area contributed by atoms with E-state index in [1.54, 1.807) is 0 Å². The smallest absolute Gasteiger partial charge is 0.00990 e. The molecule has 0 fully saturated rings. The first-order valence-electron chi connectivity index (χ1n) is 7.96. The SMILES string of the molecule is Cc1ccc(-c2cc3ccccc3cc2-c2ccccc2)cc1. The first-order valence-corrected chi connectivity index (χ1v) is 7.96. The summed E-state index contributed by atoms with van der Waals surface area (Å²) in [6, 6.07) is 32.6. The Morgan fingerprint density at radius 1 is 0.478 bits per heavy atom. The lowest BCUT2D eigenvalue weighted by Gasteiger charge is -2.13. The van der Waals surface area contributed by atoms with Crippen LogP contribution in [0.1, 0.15) is 5.56 Å². The van der Waals surface area contributed by atoms with Gasteiger partial charge in [-0.1, -0.05) is 84.4 Å². The third kappa shape index (κ3) is 2.64. The minimum Gasteiger partial charge on any atom is -0.0622 e. The predicted molar refractivity (Wildman–Crippen MR) is 99.6 cm³/mol. The molecule has 0 saturated carbocycles. The Bertz CT molecular complexity index is 948. The number of benzene rings is 4. The van der Waals surface area contributed by atoms with Gasteiger partial charge in [0.15, 0.2) is 0 Å². The second-order valence-corrected chi connectivity index (χ2v) is 5.98. The molecule has 0 aliphatic heterocycles. The molecule has 4 rings (SSSR count). The average Bonchev–Trinajstić information content (AvgIpc) is 2.62. The van der Waals surface area contributed by atoms with Gasteiger partial charge >= 0.3 is 0 Å². The van der Waals surface area contributed by atoms with Crippen LogP contribution in [0.3, 0.4) is 0 Å². The van der Waals surface area contributed by atoms with E-state index in [-0.39, 0.29) is 0 Å². The van der Waals surface area contributed by atoms with E-state index in [4.69, 9.17) is 0 Å². The monoisotopic (exact) mass is 294 g/mol. The maximum atomic E-state index is 2.31. The Hall–Kier alpha value is -2.86. The van der Waals surface area contributed by atoms with Crippen molar-refractivity contribution in [2.45, 2.75) is 6.92 Å². The highest BCUT2D eigenvalue weighted by Crippen LogP contribution is 2.35. The summed E-state index contributed by atoms with van der Waals surface area (Å²) >= 11 is 0. The fraction of sp³-hybridized carbons (Fsp3) is 0.0435. The molecule has 0 bridgehead atoms. The molecule has 0 aromatic heterocycles. The summed E-state index contributed by atoms with van der Waals surface area (Å²) < 4.78 is 0. The van der Waals surface area contributed by atoms with Crippen LogP contribution in [0.25, 0.3) is 33.0 Å². The molecule has 23 heavy (non-hydrogen) atoms. The van der Waals surface area contributed by atoms with E-state index < -0.39 is 0 Å². The van der Waals surface area contributed by atoms with Gasteiger partial charge in [-0.2, -0.15) is 0 Å². The molecule has 0 heteroatoms. The number of hydrogen-bond donors (Lipinski definition) is 0. The van der Waals surface area contributed by atoms with Crippen molar-refractivity contribution >= 4 is 10.8 Å². The quantitative estimate of drug-likeness (QED) is 0.397. The summed E-state index contributed by atoms with van der Waals surface area (Å²) in [6.45, 7) is 2.13. The third-order valence-corrected chi connectivity index (χ3v) is 4.33. The topological polar surface area (TPSA) is 0 Å². The van der Waals surface area contributed by atoms with E-state index in [9.17, 15) is 0 Å². The van der Waals surface area contributed by atoms with Crippen molar-refractivity contribution in [1.29, 1.82) is 0 Å². The normalized spacial score (nSPS) is 10.8. The maximum absolute atomic E-state index is 2.31. The molecular formula is C23H18. The molecule has 0 radical (unpaired) electrons. The van der Waals surface area contributed by atoms with Crippen molar-refractivity contribution in [3.8, 4) is 22.3 Å². The van der Waals surface area contributed by atoms with Crippen LogP contribution in [-0.2, 0) is 0 Å². The van der Waals surface area contributed by atoms with Crippen molar-refractivity contribution in [2.75, 3.05) is 0 Å². The average molecular weight is 294 g/mol. The van der Waals surface area contributed by atoms with E-state index in [2.05, 4.69) is 97.9 Å². The summed E-state index contributed by atoms with van der Waals surface area (Å²) in [5, 5.41) is 2.56. The van der Waals surface area contributed by atoms with Gasteiger partial charge in [0.1, 0.15) is 0 Å². The Morgan fingerprint density at radius 3 is 1.52 bits per heavy atom. The largest absolute Gasteiger partial charge is 0.0622 e. The first-order chi connectivity index (χ1) is 11.3. The molecular weight excluding hydrogens is 276 g/mol. The highest BCUT2D eigenvalue weighted by atomic mass is 14.1. The number of aryl methyl sites for hydroxylation is 1. The van der Waals surface area contributed by atoms with E-state index in [1.165, 1.54) is 38.6 Å². The lowest BCUT2D eigenvalue weighted by Crippen LogP contribution is -1.87. The Balaban J connectivity index is 2.02. The van der Waals surface area contributed by atoms with Gasteiger partial charge in [0.2, 0.25) is 0 Å². The third-order valence-electron chi connectivity index (χ3n) is 4.33. The standard InChI is InChI=1S/C23H18/c1-17-11-13-19(14-12-17)23-16-21-10-6-5-9-20(21)15-22(23)18-7-3-2-4-8-18/h2-16H,1H3. The van der Waals surface area contributed by atoms with Crippen LogP contribution >= 0.6 is 0 Å². The summed E-state index contributed by atoms with van der Waals surface area (Å²) in [4.78, 5) is 0. The summed E-state index contributed by atoms with van der Waals surface area (Å²) in [5.74, 6) is 0. The van der Waals surface area contributed by atoms with Gasteiger partial charge in [-0.05, 0) is 52.1 Å². The molecule has 4 aromatic rings. The zero-order chi connectivity index (χ0) is 15.6. The minimum atomic E-state index is 1.26. The van der Waals surface area contributed by atoms with Crippen molar-refractivity contribution in [3.63, 3.8) is 0 Å². The Kier molecular flexibility index (Phi) is 3.44.